The lowest BCUT2D eigenvalue weighted by Crippen LogP contribution is -2.35. The topological polar surface area (TPSA) is 38.5 Å². The summed E-state index contributed by atoms with van der Waals surface area (Å²) in [5.74, 6) is 0.969. The molecule has 0 saturated carbocycles. The fraction of sp³-hybridized carbons (Fsp3) is 0.600. The second-order valence-electron chi connectivity index (χ2n) is 5.20. The van der Waals surface area contributed by atoms with Crippen LogP contribution in [0.1, 0.15) is 37.8 Å². The van der Waals surface area contributed by atoms with E-state index in [1.54, 1.807) is 0 Å². The SMILES string of the molecule is CCC(N)c1ccc(OC2CCN(C)CC2)cc1. The molecule has 1 aromatic rings. The van der Waals surface area contributed by atoms with Crippen molar-refractivity contribution in [2.24, 2.45) is 5.73 Å². The third-order valence-corrected chi connectivity index (χ3v) is 3.72. The maximum atomic E-state index is 6.00. The summed E-state index contributed by atoms with van der Waals surface area (Å²) >= 11 is 0. The highest BCUT2D eigenvalue weighted by Gasteiger charge is 2.17. The van der Waals surface area contributed by atoms with Crippen LogP contribution in [0.5, 0.6) is 5.75 Å². The van der Waals surface area contributed by atoms with Gasteiger partial charge in [-0.3, -0.25) is 0 Å². The van der Waals surface area contributed by atoms with Crippen molar-refractivity contribution >= 4 is 0 Å². The Morgan fingerprint density at radius 2 is 1.89 bits per heavy atom. The zero-order valence-electron chi connectivity index (χ0n) is 11.4. The largest absolute Gasteiger partial charge is 0.490 e. The standard InChI is InChI=1S/C15H24N2O/c1-3-15(16)12-4-6-13(7-5-12)18-14-8-10-17(2)11-9-14/h4-7,14-15H,3,8-11,16H2,1-2H3. The summed E-state index contributed by atoms with van der Waals surface area (Å²) in [4.78, 5) is 2.35. The van der Waals surface area contributed by atoms with E-state index in [1.807, 2.05) is 12.1 Å². The molecule has 1 fully saturated rings. The van der Waals surface area contributed by atoms with Gasteiger partial charge in [-0.1, -0.05) is 19.1 Å². The van der Waals surface area contributed by atoms with Crippen LogP contribution in [0.2, 0.25) is 0 Å². The number of nitrogens with two attached hydrogens (primary N) is 1. The van der Waals surface area contributed by atoms with Gasteiger partial charge >= 0.3 is 0 Å². The number of hydrogen-bond acceptors (Lipinski definition) is 3. The maximum absolute atomic E-state index is 6.00. The molecule has 1 saturated heterocycles. The molecule has 1 aromatic carbocycles. The first kappa shape index (κ1) is 13.4. The summed E-state index contributed by atoms with van der Waals surface area (Å²) in [5.41, 5.74) is 7.19. The number of piperidine rings is 1. The number of rotatable bonds is 4. The zero-order valence-corrected chi connectivity index (χ0v) is 11.4. The summed E-state index contributed by atoms with van der Waals surface area (Å²) in [6.45, 7) is 4.36. The molecular weight excluding hydrogens is 224 g/mol. The van der Waals surface area contributed by atoms with Gasteiger partial charge < -0.3 is 15.4 Å². The minimum absolute atomic E-state index is 0.141. The van der Waals surface area contributed by atoms with Crippen molar-refractivity contribution in [1.82, 2.24) is 4.90 Å². The zero-order chi connectivity index (χ0) is 13.0. The number of benzene rings is 1. The molecule has 1 aliphatic heterocycles. The minimum Gasteiger partial charge on any atom is -0.490 e. The molecule has 100 valence electrons. The lowest BCUT2D eigenvalue weighted by atomic mass is 10.1. The van der Waals surface area contributed by atoms with E-state index in [-0.39, 0.29) is 6.04 Å². The average molecular weight is 248 g/mol. The fourth-order valence-corrected chi connectivity index (χ4v) is 2.32. The monoisotopic (exact) mass is 248 g/mol. The molecule has 3 nitrogen and oxygen atoms in total. The lowest BCUT2D eigenvalue weighted by molar-refractivity contribution is 0.114. The molecule has 2 rings (SSSR count). The smallest absolute Gasteiger partial charge is 0.119 e. The molecule has 0 amide bonds. The molecule has 3 heteroatoms. The molecule has 1 aliphatic rings. The van der Waals surface area contributed by atoms with E-state index < -0.39 is 0 Å². The van der Waals surface area contributed by atoms with Crippen LogP contribution in [0.4, 0.5) is 0 Å². The minimum atomic E-state index is 0.141. The van der Waals surface area contributed by atoms with Gasteiger partial charge in [0, 0.05) is 19.1 Å². The molecule has 0 aromatic heterocycles. The molecule has 0 bridgehead atoms. The summed E-state index contributed by atoms with van der Waals surface area (Å²) in [6, 6.07) is 8.39. The highest BCUT2D eigenvalue weighted by molar-refractivity contribution is 5.29. The Morgan fingerprint density at radius 1 is 1.28 bits per heavy atom. The molecule has 0 aliphatic carbocycles. The third kappa shape index (κ3) is 3.47. The van der Waals surface area contributed by atoms with Gasteiger partial charge in [0.1, 0.15) is 11.9 Å². The van der Waals surface area contributed by atoms with Crippen LogP contribution >= 0.6 is 0 Å². The first-order valence-corrected chi connectivity index (χ1v) is 6.89. The van der Waals surface area contributed by atoms with Crippen LogP contribution in [-0.2, 0) is 0 Å². The van der Waals surface area contributed by atoms with Crippen LogP contribution < -0.4 is 10.5 Å². The van der Waals surface area contributed by atoms with Crippen molar-refractivity contribution in [1.29, 1.82) is 0 Å². The highest BCUT2D eigenvalue weighted by Crippen LogP contribution is 2.21. The number of ether oxygens (including phenoxy) is 1. The highest BCUT2D eigenvalue weighted by atomic mass is 16.5. The Balaban J connectivity index is 1.90. The van der Waals surface area contributed by atoms with Gasteiger partial charge in [0.25, 0.3) is 0 Å². The van der Waals surface area contributed by atoms with Gasteiger partial charge in [-0.05, 0) is 44.0 Å². The number of nitrogens with zero attached hydrogens (tertiary/aromatic N) is 1. The molecule has 0 radical (unpaired) electrons. The van der Waals surface area contributed by atoms with Gasteiger partial charge in [0.15, 0.2) is 0 Å². The van der Waals surface area contributed by atoms with E-state index in [1.165, 1.54) is 5.56 Å². The molecule has 18 heavy (non-hydrogen) atoms. The Bertz CT molecular complexity index is 355. The normalized spacial score (nSPS) is 19.7. The number of likely N-dealkylation sites (tertiary alicyclic amines) is 1. The van der Waals surface area contributed by atoms with Crippen molar-refractivity contribution in [3.05, 3.63) is 29.8 Å². The Hall–Kier alpha value is -1.06. The van der Waals surface area contributed by atoms with Crippen LogP contribution in [0.15, 0.2) is 24.3 Å². The second-order valence-corrected chi connectivity index (χ2v) is 5.20. The van der Waals surface area contributed by atoms with Crippen LogP contribution in [-0.4, -0.2) is 31.1 Å². The fourth-order valence-electron chi connectivity index (χ4n) is 2.32. The van der Waals surface area contributed by atoms with Crippen LogP contribution in [0.25, 0.3) is 0 Å². The van der Waals surface area contributed by atoms with Gasteiger partial charge in [-0.2, -0.15) is 0 Å². The molecular formula is C15H24N2O. The van der Waals surface area contributed by atoms with E-state index in [9.17, 15) is 0 Å². The second kappa shape index (κ2) is 6.21. The molecule has 1 heterocycles. The van der Waals surface area contributed by atoms with Crippen molar-refractivity contribution < 1.29 is 4.74 Å². The molecule has 1 atom stereocenters. The van der Waals surface area contributed by atoms with Gasteiger partial charge in [0.2, 0.25) is 0 Å². The first-order chi connectivity index (χ1) is 8.69. The molecule has 2 N–H and O–H groups in total. The summed E-state index contributed by atoms with van der Waals surface area (Å²) in [7, 11) is 2.16. The molecule has 0 spiro atoms. The van der Waals surface area contributed by atoms with E-state index in [0.717, 1.165) is 38.1 Å². The van der Waals surface area contributed by atoms with E-state index in [4.69, 9.17) is 10.5 Å². The van der Waals surface area contributed by atoms with E-state index in [0.29, 0.717) is 6.10 Å². The van der Waals surface area contributed by atoms with Crippen molar-refractivity contribution in [2.45, 2.75) is 38.3 Å². The van der Waals surface area contributed by atoms with Gasteiger partial charge in [-0.15, -0.1) is 0 Å². The predicted octanol–water partition coefficient (Wildman–Crippen LogP) is 2.57. The quantitative estimate of drug-likeness (QED) is 0.890. The Kier molecular flexibility index (Phi) is 4.61. The summed E-state index contributed by atoms with van der Waals surface area (Å²) < 4.78 is 6.00. The lowest BCUT2D eigenvalue weighted by Gasteiger charge is -2.29. The van der Waals surface area contributed by atoms with Crippen molar-refractivity contribution in [3.63, 3.8) is 0 Å². The first-order valence-electron chi connectivity index (χ1n) is 6.89. The Labute approximate surface area is 110 Å². The van der Waals surface area contributed by atoms with E-state index in [2.05, 4.69) is 31.0 Å². The Morgan fingerprint density at radius 3 is 2.44 bits per heavy atom. The number of hydrogen-bond donors (Lipinski definition) is 1. The van der Waals surface area contributed by atoms with Crippen molar-refractivity contribution in [3.8, 4) is 5.75 Å². The summed E-state index contributed by atoms with van der Waals surface area (Å²) in [6.07, 6.45) is 3.57. The van der Waals surface area contributed by atoms with Crippen molar-refractivity contribution in [2.75, 3.05) is 20.1 Å². The summed E-state index contributed by atoms with van der Waals surface area (Å²) in [5, 5.41) is 0. The van der Waals surface area contributed by atoms with Gasteiger partial charge in [0.05, 0.1) is 0 Å². The van der Waals surface area contributed by atoms with E-state index >= 15 is 0 Å². The average Bonchev–Trinajstić information content (AvgIpc) is 2.41. The van der Waals surface area contributed by atoms with Gasteiger partial charge in [-0.25, -0.2) is 0 Å². The molecule has 1 unspecified atom stereocenters. The van der Waals surface area contributed by atoms with Crippen LogP contribution in [0.3, 0.4) is 0 Å². The van der Waals surface area contributed by atoms with Crippen LogP contribution in [0, 0.1) is 0 Å². The predicted molar refractivity (Wildman–Crippen MR) is 74.8 cm³/mol. The maximum Gasteiger partial charge on any atom is 0.119 e. The third-order valence-electron chi connectivity index (χ3n) is 3.72.